The van der Waals surface area contributed by atoms with E-state index in [1.54, 1.807) is 11.2 Å². The van der Waals surface area contributed by atoms with Crippen LogP contribution >= 0.6 is 24.8 Å². The molecule has 120 valence electrons. The molecule has 2 aromatic heterocycles. The minimum atomic E-state index is 0. The summed E-state index contributed by atoms with van der Waals surface area (Å²) in [6.45, 7) is 3.19. The first-order valence-electron chi connectivity index (χ1n) is 6.71. The molecule has 22 heavy (non-hydrogen) atoms. The van der Waals surface area contributed by atoms with Crippen LogP contribution in [0.1, 0.15) is 22.5 Å². The second-order valence-corrected chi connectivity index (χ2v) is 5.11. The Labute approximate surface area is 141 Å². The molecule has 0 unspecified atom stereocenters. The molecule has 1 fully saturated rings. The van der Waals surface area contributed by atoms with Gasteiger partial charge in [-0.3, -0.25) is 4.79 Å². The molecule has 0 saturated carbocycles. The van der Waals surface area contributed by atoms with E-state index in [4.69, 9.17) is 10.2 Å². The number of carbonyl (C=O) groups excluding carboxylic acids is 1. The van der Waals surface area contributed by atoms with Crippen molar-refractivity contribution < 1.29 is 9.21 Å². The number of furan rings is 1. The van der Waals surface area contributed by atoms with Gasteiger partial charge in [-0.1, -0.05) is 0 Å². The molecule has 2 aromatic rings. The molecular formula is C15H19Cl2N3O2. The Balaban J connectivity index is 0.00000121. The molecule has 5 nitrogen and oxygen atoms in total. The first-order chi connectivity index (χ1) is 9.65. The third kappa shape index (κ3) is 3.61. The first-order valence-corrected chi connectivity index (χ1v) is 6.71. The summed E-state index contributed by atoms with van der Waals surface area (Å²) in [5.41, 5.74) is 7.93. The highest BCUT2D eigenvalue weighted by Crippen LogP contribution is 2.21. The predicted molar refractivity (Wildman–Crippen MR) is 89.7 cm³/mol. The molecule has 3 heterocycles. The van der Waals surface area contributed by atoms with Crippen LogP contribution in [0.25, 0.3) is 11.5 Å². The number of aryl methyl sites for hydroxylation is 1. The van der Waals surface area contributed by atoms with Crippen molar-refractivity contribution in [3.63, 3.8) is 0 Å². The summed E-state index contributed by atoms with van der Waals surface area (Å²) in [6, 6.07) is 7.39. The van der Waals surface area contributed by atoms with Crippen LogP contribution in [0.5, 0.6) is 0 Å². The minimum absolute atomic E-state index is 0. The summed E-state index contributed by atoms with van der Waals surface area (Å²) in [5.74, 6) is 0.712. The Morgan fingerprint density at radius 1 is 1.36 bits per heavy atom. The van der Waals surface area contributed by atoms with Gasteiger partial charge in [-0.2, -0.15) is 0 Å². The van der Waals surface area contributed by atoms with Gasteiger partial charge in [-0.05, 0) is 37.6 Å². The zero-order valence-electron chi connectivity index (χ0n) is 12.2. The van der Waals surface area contributed by atoms with E-state index in [0.717, 1.165) is 18.7 Å². The van der Waals surface area contributed by atoms with Crippen LogP contribution in [-0.2, 0) is 0 Å². The van der Waals surface area contributed by atoms with Crippen molar-refractivity contribution >= 4 is 30.7 Å². The van der Waals surface area contributed by atoms with E-state index in [1.807, 2.05) is 31.2 Å². The number of rotatable bonds is 2. The quantitative estimate of drug-likeness (QED) is 0.909. The molecule has 0 bridgehead atoms. The highest BCUT2D eigenvalue weighted by atomic mass is 35.5. The Morgan fingerprint density at radius 3 is 2.68 bits per heavy atom. The lowest BCUT2D eigenvalue weighted by Crippen LogP contribution is -2.32. The third-order valence-electron chi connectivity index (χ3n) is 3.60. The third-order valence-corrected chi connectivity index (χ3v) is 3.60. The fourth-order valence-electron chi connectivity index (χ4n) is 2.49. The Morgan fingerprint density at radius 2 is 2.14 bits per heavy atom. The molecule has 0 aliphatic carbocycles. The number of halogens is 2. The highest BCUT2D eigenvalue weighted by Gasteiger charge is 2.25. The van der Waals surface area contributed by atoms with Crippen molar-refractivity contribution in [2.45, 2.75) is 19.4 Å². The summed E-state index contributed by atoms with van der Waals surface area (Å²) in [4.78, 5) is 18.7. The smallest absolute Gasteiger partial charge is 0.255 e. The fraction of sp³-hybridized carbons (Fsp3) is 0.333. The standard InChI is InChI=1S/C15H17N3O2.2ClH/c1-10-12(15(19)18-7-6-11(16)9-18)4-5-13(17-10)14-3-2-8-20-14;;/h2-5,8,11H,6-7,9,16H2,1H3;2*1H/t11-;;/m1../s1. The van der Waals surface area contributed by atoms with E-state index in [9.17, 15) is 4.79 Å². The maximum absolute atomic E-state index is 12.4. The van der Waals surface area contributed by atoms with Crippen molar-refractivity contribution in [2.75, 3.05) is 13.1 Å². The Kier molecular flexibility index (Phi) is 6.41. The van der Waals surface area contributed by atoms with Gasteiger partial charge in [0.15, 0.2) is 5.76 Å². The van der Waals surface area contributed by atoms with E-state index in [2.05, 4.69) is 4.98 Å². The summed E-state index contributed by atoms with van der Waals surface area (Å²) in [7, 11) is 0. The van der Waals surface area contributed by atoms with Crippen LogP contribution in [0, 0.1) is 6.92 Å². The van der Waals surface area contributed by atoms with E-state index < -0.39 is 0 Å². The van der Waals surface area contributed by atoms with Gasteiger partial charge in [0.1, 0.15) is 5.69 Å². The average molecular weight is 344 g/mol. The molecule has 3 rings (SSSR count). The summed E-state index contributed by atoms with van der Waals surface area (Å²) >= 11 is 0. The normalized spacial score (nSPS) is 16.8. The van der Waals surface area contributed by atoms with Crippen molar-refractivity contribution in [1.82, 2.24) is 9.88 Å². The Bertz CT molecular complexity index is 632. The van der Waals surface area contributed by atoms with Crippen LogP contribution in [0.4, 0.5) is 0 Å². The van der Waals surface area contributed by atoms with Gasteiger partial charge in [0.2, 0.25) is 0 Å². The van der Waals surface area contributed by atoms with Crippen molar-refractivity contribution in [3.05, 3.63) is 41.8 Å². The monoisotopic (exact) mass is 343 g/mol. The molecule has 1 aliphatic heterocycles. The molecule has 2 N–H and O–H groups in total. The Hall–Kier alpha value is -1.56. The van der Waals surface area contributed by atoms with E-state index >= 15 is 0 Å². The zero-order valence-corrected chi connectivity index (χ0v) is 13.8. The predicted octanol–water partition coefficient (Wildman–Crippen LogP) is 2.67. The maximum Gasteiger partial charge on any atom is 0.255 e. The second-order valence-electron chi connectivity index (χ2n) is 5.11. The van der Waals surface area contributed by atoms with Crippen LogP contribution in [0.15, 0.2) is 34.9 Å². The van der Waals surface area contributed by atoms with Gasteiger partial charge < -0.3 is 15.1 Å². The van der Waals surface area contributed by atoms with Crippen molar-refractivity contribution in [1.29, 1.82) is 0 Å². The average Bonchev–Trinajstić information content (AvgIpc) is 3.09. The zero-order chi connectivity index (χ0) is 14.1. The number of carbonyl (C=O) groups is 1. The molecule has 0 spiro atoms. The largest absolute Gasteiger partial charge is 0.463 e. The summed E-state index contributed by atoms with van der Waals surface area (Å²) in [6.07, 6.45) is 2.47. The van der Waals surface area contributed by atoms with E-state index in [1.165, 1.54) is 0 Å². The van der Waals surface area contributed by atoms with Crippen LogP contribution in [0.2, 0.25) is 0 Å². The van der Waals surface area contributed by atoms with Gasteiger partial charge in [-0.25, -0.2) is 4.98 Å². The number of hydrogen-bond acceptors (Lipinski definition) is 4. The highest BCUT2D eigenvalue weighted by molar-refractivity contribution is 5.95. The number of amides is 1. The summed E-state index contributed by atoms with van der Waals surface area (Å²) in [5, 5.41) is 0. The molecule has 1 atom stereocenters. The van der Waals surface area contributed by atoms with E-state index in [0.29, 0.717) is 23.6 Å². The number of pyridine rings is 1. The lowest BCUT2D eigenvalue weighted by atomic mass is 10.1. The number of likely N-dealkylation sites (tertiary alicyclic amines) is 1. The SMILES string of the molecule is Cc1nc(-c2ccco2)ccc1C(=O)N1CC[C@@H](N)C1.Cl.Cl. The fourth-order valence-corrected chi connectivity index (χ4v) is 2.49. The molecule has 0 aromatic carbocycles. The number of hydrogen-bond donors (Lipinski definition) is 1. The summed E-state index contributed by atoms with van der Waals surface area (Å²) < 4.78 is 5.31. The van der Waals surface area contributed by atoms with Crippen molar-refractivity contribution in [2.24, 2.45) is 5.73 Å². The molecule has 1 amide bonds. The van der Waals surface area contributed by atoms with Crippen LogP contribution < -0.4 is 5.73 Å². The second kappa shape index (κ2) is 7.63. The number of aromatic nitrogens is 1. The molecule has 0 radical (unpaired) electrons. The van der Waals surface area contributed by atoms with Gasteiger partial charge in [0.25, 0.3) is 5.91 Å². The molecular weight excluding hydrogens is 325 g/mol. The first kappa shape index (κ1) is 18.5. The topological polar surface area (TPSA) is 72.4 Å². The van der Waals surface area contributed by atoms with E-state index in [-0.39, 0.29) is 36.8 Å². The van der Waals surface area contributed by atoms with Crippen LogP contribution in [0.3, 0.4) is 0 Å². The lowest BCUT2D eigenvalue weighted by molar-refractivity contribution is 0.0789. The molecule has 1 saturated heterocycles. The molecule has 7 heteroatoms. The van der Waals surface area contributed by atoms with Gasteiger partial charge >= 0.3 is 0 Å². The number of nitrogens with two attached hydrogens (primary N) is 1. The van der Waals surface area contributed by atoms with Crippen LogP contribution in [-0.4, -0.2) is 34.9 Å². The van der Waals surface area contributed by atoms with Gasteiger partial charge in [-0.15, -0.1) is 24.8 Å². The van der Waals surface area contributed by atoms with Crippen molar-refractivity contribution in [3.8, 4) is 11.5 Å². The number of nitrogens with zero attached hydrogens (tertiary/aromatic N) is 2. The lowest BCUT2D eigenvalue weighted by Gasteiger charge is -2.17. The van der Waals surface area contributed by atoms with Gasteiger partial charge in [0.05, 0.1) is 17.5 Å². The molecule has 1 aliphatic rings. The minimum Gasteiger partial charge on any atom is -0.463 e. The van der Waals surface area contributed by atoms with Gasteiger partial charge in [0, 0.05) is 19.1 Å². The maximum atomic E-state index is 12.4.